The van der Waals surface area contributed by atoms with Gasteiger partial charge >= 0.3 is 30.0 Å². The van der Waals surface area contributed by atoms with Crippen molar-refractivity contribution in [3.63, 3.8) is 0 Å². The molecule has 174 valence electrons. The zero-order valence-electron chi connectivity index (χ0n) is 16.0. The van der Waals surface area contributed by atoms with Crippen LogP contribution in [-0.2, 0) is 14.4 Å². The van der Waals surface area contributed by atoms with E-state index >= 15 is 0 Å². The van der Waals surface area contributed by atoms with Gasteiger partial charge in [0.1, 0.15) is 0 Å². The molecule has 0 aliphatic rings. The summed E-state index contributed by atoms with van der Waals surface area (Å²) in [6, 6.07) is 0. The quantitative estimate of drug-likeness (QED) is 0.123. The van der Waals surface area contributed by atoms with Crippen LogP contribution in [0.1, 0.15) is 77.6 Å². The Morgan fingerprint density at radius 2 is 1.14 bits per heavy atom. The topological polar surface area (TPSA) is 55.8 Å². The summed E-state index contributed by atoms with van der Waals surface area (Å²) in [7, 11) is 0. The number of hydrogen-bond donors (Lipinski definition) is 1. The maximum Gasteiger partial charge on any atom is 0.435 e. The molecule has 0 unspecified atom stereocenters. The smallest absolute Gasteiger partial charge is 0.294 e. The van der Waals surface area contributed by atoms with Gasteiger partial charge in [0, 0.05) is 6.42 Å². The van der Waals surface area contributed by atoms with Crippen LogP contribution in [-0.4, -0.2) is 35.3 Å². The maximum absolute atomic E-state index is 13.5. The molecule has 0 aromatic heterocycles. The predicted molar refractivity (Wildman–Crippen MR) is 86.1 cm³/mol. The van der Waals surface area contributed by atoms with E-state index in [0.29, 0.717) is 12.8 Å². The summed E-state index contributed by atoms with van der Waals surface area (Å²) < 4.78 is 108. The molecular formula is C17H26F8O4. The Morgan fingerprint density at radius 1 is 0.724 bits per heavy atom. The average Bonchev–Trinajstić information content (AvgIpc) is 2.61. The normalized spacial score (nSPS) is 13.6. The summed E-state index contributed by atoms with van der Waals surface area (Å²) >= 11 is 0. The SMILES string of the molecule is CCCCCCCCCCCCC(F)(F)C(F)(F)OC(F)(F)C(F)(F)C(=O)OO. The van der Waals surface area contributed by atoms with E-state index in [9.17, 15) is 39.9 Å². The summed E-state index contributed by atoms with van der Waals surface area (Å²) in [5.74, 6) is -14.6. The Kier molecular flexibility index (Phi) is 11.4. The van der Waals surface area contributed by atoms with E-state index in [0.717, 1.165) is 38.5 Å². The van der Waals surface area contributed by atoms with E-state index in [1.807, 2.05) is 0 Å². The van der Waals surface area contributed by atoms with Gasteiger partial charge in [-0.25, -0.2) is 9.53 Å². The first kappa shape index (κ1) is 27.8. The number of carbonyl (C=O) groups excluding carboxylic acids is 1. The second-order valence-electron chi connectivity index (χ2n) is 6.73. The molecule has 1 N–H and O–H groups in total. The number of alkyl halides is 8. The van der Waals surface area contributed by atoms with Crippen LogP contribution in [0.3, 0.4) is 0 Å². The Bertz CT molecular complexity index is 486. The number of rotatable bonds is 16. The van der Waals surface area contributed by atoms with Crippen LogP contribution in [0.25, 0.3) is 0 Å². The first-order valence-corrected chi connectivity index (χ1v) is 9.32. The number of carbonyl (C=O) groups is 1. The molecule has 0 saturated heterocycles. The maximum atomic E-state index is 13.5. The molecule has 0 saturated carbocycles. The van der Waals surface area contributed by atoms with Crippen molar-refractivity contribution < 1.29 is 54.8 Å². The average molecular weight is 446 g/mol. The van der Waals surface area contributed by atoms with E-state index in [-0.39, 0.29) is 6.42 Å². The molecule has 0 bridgehead atoms. The number of ether oxygens (including phenoxy) is 1. The predicted octanol–water partition coefficient (Wildman–Crippen LogP) is 6.79. The summed E-state index contributed by atoms with van der Waals surface area (Å²) in [6.07, 6.45) is -6.96. The van der Waals surface area contributed by atoms with Gasteiger partial charge in [-0.05, 0) is 6.42 Å². The van der Waals surface area contributed by atoms with Gasteiger partial charge in [-0.15, -0.1) is 0 Å². The van der Waals surface area contributed by atoms with Crippen molar-refractivity contribution in [1.82, 2.24) is 0 Å². The lowest BCUT2D eigenvalue weighted by Gasteiger charge is -2.31. The minimum atomic E-state index is -6.35. The molecule has 0 amide bonds. The van der Waals surface area contributed by atoms with E-state index in [1.165, 1.54) is 0 Å². The summed E-state index contributed by atoms with van der Waals surface area (Å²) in [6.45, 7) is 2.07. The van der Waals surface area contributed by atoms with Crippen molar-refractivity contribution in [3.8, 4) is 0 Å². The Hall–Kier alpha value is -1.17. The third-order valence-corrected chi connectivity index (χ3v) is 4.23. The molecule has 0 fully saturated rings. The first-order chi connectivity index (χ1) is 13.2. The third kappa shape index (κ3) is 8.61. The van der Waals surface area contributed by atoms with Crippen LogP contribution in [0.2, 0.25) is 0 Å². The van der Waals surface area contributed by atoms with Crippen molar-refractivity contribution >= 4 is 5.97 Å². The van der Waals surface area contributed by atoms with Crippen molar-refractivity contribution in [3.05, 3.63) is 0 Å². The van der Waals surface area contributed by atoms with E-state index in [1.54, 1.807) is 0 Å². The molecule has 0 atom stereocenters. The molecular weight excluding hydrogens is 420 g/mol. The summed E-state index contributed by atoms with van der Waals surface area (Å²) in [5, 5.41) is 7.70. The second-order valence-corrected chi connectivity index (χ2v) is 6.73. The highest BCUT2D eigenvalue weighted by Crippen LogP contribution is 2.46. The van der Waals surface area contributed by atoms with Crippen LogP contribution < -0.4 is 0 Å². The molecule has 0 heterocycles. The fraction of sp³-hybridized carbons (Fsp3) is 0.941. The van der Waals surface area contributed by atoms with Gasteiger partial charge in [0.05, 0.1) is 0 Å². The van der Waals surface area contributed by atoms with Gasteiger partial charge in [0.2, 0.25) is 0 Å². The van der Waals surface area contributed by atoms with Crippen molar-refractivity contribution in [1.29, 1.82) is 0 Å². The highest BCUT2D eigenvalue weighted by Gasteiger charge is 2.72. The largest absolute Gasteiger partial charge is 0.435 e. The molecule has 29 heavy (non-hydrogen) atoms. The van der Waals surface area contributed by atoms with Gasteiger partial charge < -0.3 is 0 Å². The molecule has 0 radical (unpaired) electrons. The van der Waals surface area contributed by atoms with Gasteiger partial charge in [-0.3, -0.25) is 4.89 Å². The Labute approximate surface area is 163 Å². The highest BCUT2D eigenvalue weighted by molar-refractivity contribution is 5.77. The Morgan fingerprint density at radius 3 is 1.55 bits per heavy atom. The second kappa shape index (κ2) is 11.9. The molecule has 12 heteroatoms. The van der Waals surface area contributed by atoms with Gasteiger partial charge in [0.25, 0.3) is 0 Å². The highest BCUT2D eigenvalue weighted by atomic mass is 19.3. The lowest BCUT2D eigenvalue weighted by atomic mass is 10.0. The van der Waals surface area contributed by atoms with Crippen LogP contribution in [0.5, 0.6) is 0 Å². The molecule has 0 aromatic rings. The van der Waals surface area contributed by atoms with Gasteiger partial charge in [-0.2, -0.15) is 40.4 Å². The van der Waals surface area contributed by atoms with E-state index < -0.39 is 42.9 Å². The fourth-order valence-corrected chi connectivity index (χ4v) is 2.46. The minimum Gasteiger partial charge on any atom is -0.294 e. The van der Waals surface area contributed by atoms with Crippen molar-refractivity contribution in [2.45, 2.75) is 102 Å². The zero-order valence-corrected chi connectivity index (χ0v) is 16.0. The lowest BCUT2D eigenvalue weighted by molar-refractivity contribution is -0.464. The lowest BCUT2D eigenvalue weighted by Crippen LogP contribution is -2.56. The van der Waals surface area contributed by atoms with Crippen LogP contribution in [0.4, 0.5) is 35.1 Å². The third-order valence-electron chi connectivity index (χ3n) is 4.23. The number of hydrogen-bond acceptors (Lipinski definition) is 4. The number of halogens is 8. The molecule has 0 rings (SSSR count). The molecule has 0 aliphatic carbocycles. The molecule has 0 spiro atoms. The van der Waals surface area contributed by atoms with Crippen LogP contribution >= 0.6 is 0 Å². The van der Waals surface area contributed by atoms with E-state index in [4.69, 9.17) is 5.26 Å². The van der Waals surface area contributed by atoms with Crippen molar-refractivity contribution in [2.24, 2.45) is 0 Å². The molecule has 0 aromatic carbocycles. The van der Waals surface area contributed by atoms with Crippen LogP contribution in [0.15, 0.2) is 0 Å². The van der Waals surface area contributed by atoms with Gasteiger partial charge in [-0.1, -0.05) is 64.7 Å². The zero-order chi connectivity index (χ0) is 22.8. The number of unbranched alkanes of at least 4 members (excludes halogenated alkanes) is 9. The van der Waals surface area contributed by atoms with Crippen molar-refractivity contribution in [2.75, 3.05) is 0 Å². The summed E-state index contributed by atoms with van der Waals surface area (Å²) in [5.41, 5.74) is 0. The monoisotopic (exact) mass is 446 g/mol. The summed E-state index contributed by atoms with van der Waals surface area (Å²) in [4.78, 5) is 12.7. The fourth-order valence-electron chi connectivity index (χ4n) is 2.46. The van der Waals surface area contributed by atoms with Crippen LogP contribution in [0, 0.1) is 0 Å². The molecule has 0 aliphatic heterocycles. The first-order valence-electron chi connectivity index (χ1n) is 9.32. The molecule has 4 nitrogen and oxygen atoms in total. The Balaban J connectivity index is 4.47. The van der Waals surface area contributed by atoms with E-state index in [2.05, 4.69) is 16.5 Å². The standard InChI is InChI=1S/C17H26F8O4/c1-2-3-4-5-6-7-8-9-10-11-12-14(18,19)16(22,23)29-17(24,25)15(20,21)13(26)28-27/h27H,2-12H2,1H3. The minimum absolute atomic E-state index is 0.115. The van der Waals surface area contributed by atoms with Gasteiger partial charge in [0.15, 0.2) is 0 Å².